The van der Waals surface area contributed by atoms with Crippen molar-refractivity contribution in [2.24, 2.45) is 9.98 Å². The lowest BCUT2D eigenvalue weighted by molar-refractivity contribution is 0.152. The van der Waals surface area contributed by atoms with E-state index in [0.717, 1.165) is 74.4 Å². The second-order valence-corrected chi connectivity index (χ2v) is 9.57. The lowest BCUT2D eigenvalue weighted by Crippen LogP contribution is -2.26. The average Bonchev–Trinajstić information content (AvgIpc) is 2.83. The van der Waals surface area contributed by atoms with Crippen LogP contribution in [0.15, 0.2) is 9.98 Å². The molecule has 0 radical (unpaired) electrons. The molecule has 0 aromatic heterocycles. The fourth-order valence-electron chi connectivity index (χ4n) is 2.62. The van der Waals surface area contributed by atoms with E-state index in [1.165, 1.54) is 12.2 Å². The van der Waals surface area contributed by atoms with E-state index in [0.29, 0.717) is 39.4 Å². The zero-order chi connectivity index (χ0) is 25.0. The fraction of sp³-hybridized carbons (Fsp3) is 0.818. The minimum absolute atomic E-state index is 0.376. The summed E-state index contributed by atoms with van der Waals surface area (Å²) in [6.45, 7) is 2.95. The van der Waals surface area contributed by atoms with Gasteiger partial charge in [-0.3, -0.25) is 0 Å². The van der Waals surface area contributed by atoms with Crippen LogP contribution in [0.1, 0.15) is 51.4 Å². The summed E-state index contributed by atoms with van der Waals surface area (Å²) in [6.07, 6.45) is 9.61. The first kappa shape index (κ1) is 32.0. The maximum atomic E-state index is 11.6. The SMILES string of the molecule is O=C=NCCCCCCNC(=O)OCCSCCSCCOC(=O)NCCCCCCN=C=O. The van der Waals surface area contributed by atoms with Crippen LogP contribution in [0.25, 0.3) is 0 Å². The molecule has 10 nitrogen and oxygen atoms in total. The highest BCUT2D eigenvalue weighted by Gasteiger charge is 2.02. The summed E-state index contributed by atoms with van der Waals surface area (Å²) < 4.78 is 10.2. The topological polar surface area (TPSA) is 136 Å². The molecule has 0 heterocycles. The molecule has 0 saturated heterocycles. The Kier molecular flexibility index (Phi) is 25.6. The van der Waals surface area contributed by atoms with Gasteiger partial charge in [-0.05, 0) is 25.7 Å². The van der Waals surface area contributed by atoms with Gasteiger partial charge in [0.1, 0.15) is 13.2 Å². The Morgan fingerprint density at radius 1 is 0.618 bits per heavy atom. The molecule has 0 aliphatic rings. The summed E-state index contributed by atoms with van der Waals surface area (Å²) in [4.78, 5) is 49.9. The summed E-state index contributed by atoms with van der Waals surface area (Å²) in [5.74, 6) is 3.37. The molecule has 12 heteroatoms. The number of isocyanates is 2. The van der Waals surface area contributed by atoms with Crippen molar-refractivity contribution in [3.63, 3.8) is 0 Å². The number of rotatable bonds is 23. The van der Waals surface area contributed by atoms with Crippen LogP contribution in [0, 0.1) is 0 Å². The summed E-state index contributed by atoms with van der Waals surface area (Å²) in [6, 6.07) is 0. The third-order valence-electron chi connectivity index (χ3n) is 4.35. The minimum atomic E-state index is -0.389. The number of aliphatic imine (C=N–C) groups is 2. The van der Waals surface area contributed by atoms with Gasteiger partial charge in [-0.1, -0.05) is 25.7 Å². The standard InChI is InChI=1S/C22H38N4O6S2/c27-19-23-9-5-1-3-7-11-25-21(29)31-13-15-33-17-18-34-16-14-32-22(30)26-12-8-4-2-6-10-24-20-28/h1-18H2,(H,25,29)(H,26,30). The molecule has 0 saturated carbocycles. The quantitative estimate of drug-likeness (QED) is 0.119. The summed E-state index contributed by atoms with van der Waals surface area (Å²) in [5, 5.41) is 5.45. The number of hydrogen-bond acceptors (Lipinski definition) is 10. The van der Waals surface area contributed by atoms with Crippen molar-refractivity contribution in [1.82, 2.24) is 10.6 Å². The molecule has 0 atom stereocenters. The molecular weight excluding hydrogens is 480 g/mol. The van der Waals surface area contributed by atoms with Gasteiger partial charge >= 0.3 is 12.2 Å². The average molecular weight is 519 g/mol. The lowest BCUT2D eigenvalue weighted by Gasteiger charge is -2.08. The molecule has 194 valence electrons. The number of ether oxygens (including phenoxy) is 2. The van der Waals surface area contributed by atoms with Crippen LogP contribution in [0.5, 0.6) is 0 Å². The third-order valence-corrected chi connectivity index (χ3v) is 6.51. The number of alkyl carbamates (subject to hydrolysis) is 2. The number of nitrogens with zero attached hydrogens (tertiary/aromatic N) is 2. The number of thioether (sulfide) groups is 2. The number of carbonyl (C=O) groups is 2. The van der Waals surface area contributed by atoms with E-state index in [1.54, 1.807) is 23.5 Å². The Labute approximate surface area is 210 Å². The number of unbranched alkanes of at least 4 members (excludes halogenated alkanes) is 6. The van der Waals surface area contributed by atoms with Gasteiger partial charge in [0.25, 0.3) is 0 Å². The number of hydrogen-bond donors (Lipinski definition) is 2. The first-order valence-electron chi connectivity index (χ1n) is 11.7. The molecule has 0 bridgehead atoms. The van der Waals surface area contributed by atoms with Crippen molar-refractivity contribution in [1.29, 1.82) is 0 Å². The Morgan fingerprint density at radius 3 is 1.44 bits per heavy atom. The van der Waals surface area contributed by atoms with Crippen molar-refractivity contribution in [3.8, 4) is 0 Å². The maximum Gasteiger partial charge on any atom is 0.407 e. The van der Waals surface area contributed by atoms with Gasteiger partial charge in [-0.25, -0.2) is 29.2 Å². The van der Waals surface area contributed by atoms with E-state index in [1.807, 2.05) is 0 Å². The molecule has 0 aliphatic heterocycles. The molecule has 0 aromatic rings. The highest BCUT2D eigenvalue weighted by atomic mass is 32.2. The summed E-state index contributed by atoms with van der Waals surface area (Å²) >= 11 is 3.43. The molecule has 34 heavy (non-hydrogen) atoms. The monoisotopic (exact) mass is 518 g/mol. The van der Waals surface area contributed by atoms with Crippen LogP contribution in [0.2, 0.25) is 0 Å². The van der Waals surface area contributed by atoms with Crippen LogP contribution in [-0.2, 0) is 19.1 Å². The Hall–Kier alpha value is -2.00. The second kappa shape index (κ2) is 27.2. The zero-order valence-electron chi connectivity index (χ0n) is 19.9. The number of amides is 2. The van der Waals surface area contributed by atoms with E-state index in [9.17, 15) is 19.2 Å². The molecule has 0 rings (SSSR count). The molecule has 2 N–H and O–H groups in total. The third kappa shape index (κ3) is 26.3. The fourth-order valence-corrected chi connectivity index (χ4v) is 4.38. The van der Waals surface area contributed by atoms with Crippen molar-refractivity contribution >= 4 is 47.9 Å². The lowest BCUT2D eigenvalue weighted by atomic mass is 10.2. The highest BCUT2D eigenvalue weighted by Crippen LogP contribution is 2.07. The van der Waals surface area contributed by atoms with Gasteiger partial charge in [-0.2, -0.15) is 23.5 Å². The molecule has 0 unspecified atom stereocenters. The van der Waals surface area contributed by atoms with E-state index >= 15 is 0 Å². The number of carbonyl (C=O) groups excluding carboxylic acids is 4. The normalized spacial score (nSPS) is 10.0. The summed E-state index contributed by atoms with van der Waals surface area (Å²) in [5.41, 5.74) is 0. The molecule has 0 aliphatic carbocycles. The first-order chi connectivity index (χ1) is 16.7. The predicted molar refractivity (Wildman–Crippen MR) is 136 cm³/mol. The molecule has 2 amide bonds. The van der Waals surface area contributed by atoms with Crippen LogP contribution in [0.3, 0.4) is 0 Å². The Morgan fingerprint density at radius 2 is 1.03 bits per heavy atom. The van der Waals surface area contributed by atoms with Crippen LogP contribution in [0.4, 0.5) is 9.59 Å². The zero-order valence-corrected chi connectivity index (χ0v) is 21.5. The van der Waals surface area contributed by atoms with E-state index in [2.05, 4.69) is 20.6 Å². The van der Waals surface area contributed by atoms with Gasteiger partial charge in [0.05, 0.1) is 13.1 Å². The number of nitrogens with one attached hydrogen (secondary N) is 2. The van der Waals surface area contributed by atoms with Crippen molar-refractivity contribution in [3.05, 3.63) is 0 Å². The van der Waals surface area contributed by atoms with Crippen molar-refractivity contribution in [2.75, 3.05) is 62.4 Å². The molecular formula is C22H38N4O6S2. The Balaban J connectivity index is 3.27. The van der Waals surface area contributed by atoms with Crippen LogP contribution < -0.4 is 10.6 Å². The van der Waals surface area contributed by atoms with Gasteiger partial charge in [0.15, 0.2) is 0 Å². The second-order valence-electron chi connectivity index (χ2n) is 7.12. The van der Waals surface area contributed by atoms with E-state index < -0.39 is 0 Å². The van der Waals surface area contributed by atoms with Crippen molar-refractivity contribution < 1.29 is 28.7 Å². The van der Waals surface area contributed by atoms with E-state index in [-0.39, 0.29) is 12.2 Å². The van der Waals surface area contributed by atoms with Gasteiger partial charge in [0.2, 0.25) is 12.2 Å². The first-order valence-corrected chi connectivity index (χ1v) is 14.1. The van der Waals surface area contributed by atoms with Gasteiger partial charge < -0.3 is 20.1 Å². The maximum absolute atomic E-state index is 11.6. The highest BCUT2D eigenvalue weighted by molar-refractivity contribution is 8.02. The summed E-state index contributed by atoms with van der Waals surface area (Å²) in [7, 11) is 0. The predicted octanol–water partition coefficient (Wildman–Crippen LogP) is 3.70. The largest absolute Gasteiger partial charge is 0.449 e. The molecule has 0 fully saturated rings. The van der Waals surface area contributed by atoms with Crippen molar-refractivity contribution in [2.45, 2.75) is 51.4 Å². The van der Waals surface area contributed by atoms with Crippen LogP contribution >= 0.6 is 23.5 Å². The molecule has 0 aromatic carbocycles. The smallest absolute Gasteiger partial charge is 0.407 e. The Bertz CT molecular complexity index is 562. The minimum Gasteiger partial charge on any atom is -0.449 e. The van der Waals surface area contributed by atoms with Gasteiger partial charge in [0, 0.05) is 36.1 Å². The van der Waals surface area contributed by atoms with E-state index in [4.69, 9.17) is 9.47 Å². The van der Waals surface area contributed by atoms with Crippen LogP contribution in [-0.4, -0.2) is 86.8 Å². The van der Waals surface area contributed by atoms with Gasteiger partial charge in [-0.15, -0.1) is 0 Å². The molecule has 0 spiro atoms.